The van der Waals surface area contributed by atoms with Crippen LogP contribution in [-0.4, -0.2) is 35.2 Å². The van der Waals surface area contributed by atoms with Crippen molar-refractivity contribution in [2.24, 2.45) is 0 Å². The van der Waals surface area contributed by atoms with Crippen molar-refractivity contribution in [1.29, 1.82) is 0 Å². The fourth-order valence-electron chi connectivity index (χ4n) is 2.53. The van der Waals surface area contributed by atoms with Crippen molar-refractivity contribution in [3.8, 4) is 5.75 Å². The summed E-state index contributed by atoms with van der Waals surface area (Å²) in [6, 6.07) is 6.80. The lowest BCUT2D eigenvalue weighted by Gasteiger charge is -2.10. The van der Waals surface area contributed by atoms with Gasteiger partial charge in [0.15, 0.2) is 17.1 Å². The minimum atomic E-state index is -1.16. The molecule has 1 aromatic heterocycles. The maximum absolute atomic E-state index is 12.8. The van der Waals surface area contributed by atoms with Crippen LogP contribution < -0.4 is 10.2 Å². The zero-order chi connectivity index (χ0) is 18.1. The Bertz CT molecular complexity index is 1060. The zero-order valence-electron chi connectivity index (χ0n) is 13.2. The summed E-state index contributed by atoms with van der Waals surface area (Å²) in [7, 11) is 0. The lowest BCUT2D eigenvalue weighted by Crippen LogP contribution is -2.08. The zero-order valence-corrected chi connectivity index (χ0v) is 13.2. The quantitative estimate of drug-likeness (QED) is 0.540. The molecule has 0 aliphatic heterocycles. The first-order chi connectivity index (χ1) is 11.9. The summed E-state index contributed by atoms with van der Waals surface area (Å²) >= 11 is 0. The van der Waals surface area contributed by atoms with Crippen LogP contribution in [0.5, 0.6) is 5.75 Å². The van der Waals surface area contributed by atoms with E-state index in [1.54, 1.807) is 0 Å². The van der Waals surface area contributed by atoms with E-state index in [2.05, 4.69) is 0 Å². The Morgan fingerprint density at radius 3 is 2.48 bits per heavy atom. The Hall–Kier alpha value is -3.19. The fourth-order valence-corrected chi connectivity index (χ4v) is 2.53. The molecular weight excluding hydrogens is 328 g/mol. The van der Waals surface area contributed by atoms with Gasteiger partial charge in [0.05, 0.1) is 22.9 Å². The van der Waals surface area contributed by atoms with Gasteiger partial charge in [0.2, 0.25) is 5.43 Å². The molecule has 7 heteroatoms. The van der Waals surface area contributed by atoms with Crippen LogP contribution in [0.25, 0.3) is 21.9 Å². The highest BCUT2D eigenvalue weighted by Gasteiger charge is 2.17. The lowest BCUT2D eigenvalue weighted by molar-refractivity contribution is 0.0697. The number of rotatable bonds is 5. The van der Waals surface area contributed by atoms with Crippen LogP contribution in [0.1, 0.15) is 27.6 Å². The van der Waals surface area contributed by atoms with Crippen molar-refractivity contribution in [2.45, 2.75) is 6.92 Å². The normalized spacial score (nSPS) is 11.0. The topological polar surface area (TPSA) is 114 Å². The first kappa shape index (κ1) is 16.7. The summed E-state index contributed by atoms with van der Waals surface area (Å²) in [5.74, 6) is -1.27. The van der Waals surface area contributed by atoms with Crippen molar-refractivity contribution >= 4 is 33.7 Å². The number of carboxylic acid groups (broad SMARTS) is 1. The first-order valence-electron chi connectivity index (χ1n) is 7.45. The molecule has 7 nitrogen and oxygen atoms in total. The Morgan fingerprint density at radius 2 is 1.84 bits per heavy atom. The van der Waals surface area contributed by atoms with Gasteiger partial charge >= 0.3 is 5.97 Å². The maximum Gasteiger partial charge on any atom is 0.335 e. The third-order valence-electron chi connectivity index (χ3n) is 3.74. The Labute approximate surface area is 141 Å². The molecule has 0 amide bonds. The third-order valence-corrected chi connectivity index (χ3v) is 3.74. The van der Waals surface area contributed by atoms with Crippen LogP contribution in [0.2, 0.25) is 0 Å². The predicted molar refractivity (Wildman–Crippen MR) is 89.5 cm³/mol. The highest BCUT2D eigenvalue weighted by molar-refractivity contribution is 6.02. The van der Waals surface area contributed by atoms with Gasteiger partial charge in [0, 0.05) is 5.56 Å². The highest BCUT2D eigenvalue weighted by atomic mass is 16.5. The summed E-state index contributed by atoms with van der Waals surface area (Å²) in [6.07, 6.45) is 0. The van der Waals surface area contributed by atoms with E-state index >= 15 is 0 Å². The number of ketones is 1. The number of carbonyl (C=O) groups excluding carboxylic acids is 1. The third kappa shape index (κ3) is 2.97. The molecule has 2 N–H and O–H groups in total. The van der Waals surface area contributed by atoms with Crippen molar-refractivity contribution in [3.63, 3.8) is 0 Å². The van der Waals surface area contributed by atoms with Gasteiger partial charge in [-0.15, -0.1) is 0 Å². The van der Waals surface area contributed by atoms with E-state index in [1.807, 2.05) is 0 Å². The molecule has 0 aliphatic carbocycles. The van der Waals surface area contributed by atoms with E-state index in [0.29, 0.717) is 0 Å². The molecule has 0 spiro atoms. The largest absolute Gasteiger partial charge is 0.487 e. The van der Waals surface area contributed by atoms with Crippen LogP contribution in [0, 0.1) is 0 Å². The number of fused-ring (bicyclic) bond motifs is 2. The summed E-state index contributed by atoms with van der Waals surface area (Å²) < 4.78 is 11.1. The molecule has 128 valence electrons. The van der Waals surface area contributed by atoms with E-state index in [4.69, 9.17) is 19.4 Å². The molecule has 0 bridgehead atoms. The van der Waals surface area contributed by atoms with Crippen molar-refractivity contribution in [1.82, 2.24) is 0 Å². The molecule has 0 aliphatic rings. The van der Waals surface area contributed by atoms with Gasteiger partial charge < -0.3 is 19.4 Å². The number of carbonyl (C=O) groups is 2. The Kier molecular flexibility index (Phi) is 4.24. The van der Waals surface area contributed by atoms with Crippen LogP contribution in [0.3, 0.4) is 0 Å². The SMILES string of the molecule is CC(=O)c1cc(OCCO)c2oc3ccc(C(=O)O)cc3c(=O)c2c1. The van der Waals surface area contributed by atoms with Crippen molar-refractivity contribution in [2.75, 3.05) is 13.2 Å². The van der Waals surface area contributed by atoms with Crippen LogP contribution >= 0.6 is 0 Å². The summed E-state index contributed by atoms with van der Waals surface area (Å²) in [6.45, 7) is 1.07. The minimum absolute atomic E-state index is 0.0316. The van der Waals surface area contributed by atoms with Crippen LogP contribution in [0.4, 0.5) is 0 Å². The molecular formula is C18H14O7. The van der Waals surface area contributed by atoms with E-state index < -0.39 is 11.4 Å². The van der Waals surface area contributed by atoms with E-state index in [9.17, 15) is 14.4 Å². The molecule has 2 aromatic carbocycles. The van der Waals surface area contributed by atoms with Crippen molar-refractivity contribution < 1.29 is 29.0 Å². The number of aliphatic hydroxyl groups is 1. The number of hydrogen-bond donors (Lipinski definition) is 2. The second kappa shape index (κ2) is 6.37. The molecule has 25 heavy (non-hydrogen) atoms. The number of hydrogen-bond acceptors (Lipinski definition) is 6. The van der Waals surface area contributed by atoms with Gasteiger partial charge in [-0.3, -0.25) is 9.59 Å². The van der Waals surface area contributed by atoms with Gasteiger partial charge in [-0.2, -0.15) is 0 Å². The number of aliphatic hydroxyl groups excluding tert-OH is 1. The van der Waals surface area contributed by atoms with Crippen molar-refractivity contribution in [3.05, 3.63) is 51.7 Å². The molecule has 0 radical (unpaired) electrons. The highest BCUT2D eigenvalue weighted by Crippen LogP contribution is 2.29. The standard InChI is InChI=1S/C18H14O7/c1-9(20)11-7-13-16(21)12-6-10(18(22)23)2-3-14(12)25-17(13)15(8-11)24-5-4-19/h2-3,6-8,19H,4-5H2,1H3,(H,22,23). The van der Waals surface area contributed by atoms with Crippen LogP contribution in [0.15, 0.2) is 39.5 Å². The molecule has 3 rings (SSSR count). The Morgan fingerprint density at radius 1 is 1.12 bits per heavy atom. The number of ether oxygens (including phenoxy) is 1. The van der Waals surface area contributed by atoms with Gasteiger partial charge in [0.1, 0.15) is 12.2 Å². The monoisotopic (exact) mass is 342 g/mol. The summed E-state index contributed by atoms with van der Waals surface area (Å²) in [5.41, 5.74) is 0.0855. The smallest absolute Gasteiger partial charge is 0.335 e. The maximum atomic E-state index is 12.8. The summed E-state index contributed by atoms with van der Waals surface area (Å²) in [4.78, 5) is 35.6. The summed E-state index contributed by atoms with van der Waals surface area (Å²) in [5, 5.41) is 18.2. The van der Waals surface area contributed by atoms with Crippen LogP contribution in [-0.2, 0) is 0 Å². The number of aromatic carboxylic acids is 1. The molecule has 1 heterocycles. The Balaban J connectivity index is 2.39. The fraction of sp³-hybridized carbons (Fsp3) is 0.167. The minimum Gasteiger partial charge on any atom is -0.487 e. The lowest BCUT2D eigenvalue weighted by atomic mass is 10.0. The first-order valence-corrected chi connectivity index (χ1v) is 7.45. The van der Waals surface area contributed by atoms with E-state index in [0.717, 1.165) is 0 Å². The number of carboxylic acids is 1. The molecule has 0 saturated carbocycles. The second-order valence-electron chi connectivity index (χ2n) is 5.43. The van der Waals surface area contributed by atoms with E-state index in [-0.39, 0.29) is 57.8 Å². The molecule has 0 fully saturated rings. The van der Waals surface area contributed by atoms with Gasteiger partial charge in [0.25, 0.3) is 0 Å². The van der Waals surface area contributed by atoms with Gasteiger partial charge in [-0.1, -0.05) is 0 Å². The second-order valence-corrected chi connectivity index (χ2v) is 5.43. The van der Waals surface area contributed by atoms with Gasteiger partial charge in [-0.05, 0) is 37.3 Å². The molecule has 3 aromatic rings. The average Bonchev–Trinajstić information content (AvgIpc) is 2.59. The molecule has 0 saturated heterocycles. The predicted octanol–water partition coefficient (Wildman–Crippen LogP) is 2.22. The molecule has 0 unspecified atom stereocenters. The molecule has 0 atom stereocenters. The average molecular weight is 342 g/mol. The number of benzene rings is 2. The van der Waals surface area contributed by atoms with E-state index in [1.165, 1.54) is 37.3 Å². The van der Waals surface area contributed by atoms with Gasteiger partial charge in [-0.25, -0.2) is 4.79 Å². The number of Topliss-reactive ketones (excluding diaryl/α,β-unsaturated/α-hetero) is 1.